The Bertz CT molecular complexity index is 217. The third kappa shape index (κ3) is 20.4. The van der Waals surface area contributed by atoms with Gasteiger partial charge in [-0.3, -0.25) is 0 Å². The van der Waals surface area contributed by atoms with E-state index >= 15 is 0 Å². The van der Waals surface area contributed by atoms with Gasteiger partial charge in [-0.05, 0) is 26.7 Å². The zero-order chi connectivity index (χ0) is 14.2. The summed E-state index contributed by atoms with van der Waals surface area (Å²) >= 11 is 0. The van der Waals surface area contributed by atoms with Crippen molar-refractivity contribution in [2.75, 3.05) is 0 Å². The van der Waals surface area contributed by atoms with Gasteiger partial charge < -0.3 is 5.11 Å². The lowest BCUT2D eigenvalue weighted by Gasteiger charge is -1.98. The van der Waals surface area contributed by atoms with E-state index in [-0.39, 0.29) is 5.57 Å². The van der Waals surface area contributed by atoms with Crippen LogP contribution in [0, 0.1) is 0 Å². The lowest BCUT2D eigenvalue weighted by Crippen LogP contribution is -1.92. The van der Waals surface area contributed by atoms with Crippen LogP contribution in [-0.4, -0.2) is 11.1 Å². The number of hydrogen-bond donors (Lipinski definition) is 1. The van der Waals surface area contributed by atoms with Crippen LogP contribution in [0.25, 0.3) is 0 Å². The largest absolute Gasteiger partial charge is 0.478 e. The van der Waals surface area contributed by atoms with E-state index in [0.29, 0.717) is 0 Å². The van der Waals surface area contributed by atoms with Gasteiger partial charge in [0.1, 0.15) is 0 Å². The van der Waals surface area contributed by atoms with Crippen LogP contribution in [0.3, 0.4) is 0 Å². The Labute approximate surface area is 113 Å². The Hall–Kier alpha value is -1.05. The second-order valence-electron chi connectivity index (χ2n) is 4.56. The van der Waals surface area contributed by atoms with Crippen LogP contribution in [0.2, 0.25) is 0 Å². The SMILES string of the molecule is C=C(C)C(=O)O.CC=CCCCCCCCCC. The molecule has 0 atom stereocenters. The van der Waals surface area contributed by atoms with Gasteiger partial charge in [-0.25, -0.2) is 4.79 Å². The van der Waals surface area contributed by atoms with Gasteiger partial charge in [0.2, 0.25) is 0 Å². The summed E-state index contributed by atoms with van der Waals surface area (Å²) in [6, 6.07) is 0. The van der Waals surface area contributed by atoms with Gasteiger partial charge in [0.15, 0.2) is 0 Å². The average Bonchev–Trinajstić information content (AvgIpc) is 2.33. The molecule has 0 radical (unpaired) electrons. The Morgan fingerprint density at radius 3 is 1.94 bits per heavy atom. The maximum absolute atomic E-state index is 9.60. The van der Waals surface area contributed by atoms with Gasteiger partial charge in [0.05, 0.1) is 0 Å². The van der Waals surface area contributed by atoms with Crippen molar-refractivity contribution in [2.45, 2.75) is 72.1 Å². The molecule has 0 aromatic rings. The first kappa shape index (κ1) is 19.3. The molecular weight excluding hydrogens is 224 g/mol. The lowest BCUT2D eigenvalue weighted by atomic mass is 10.1. The number of allylic oxidation sites excluding steroid dienone is 2. The summed E-state index contributed by atoms with van der Waals surface area (Å²) in [6.07, 6.45) is 15.6. The van der Waals surface area contributed by atoms with Crippen LogP contribution in [0.5, 0.6) is 0 Å². The third-order valence-electron chi connectivity index (χ3n) is 2.58. The van der Waals surface area contributed by atoms with Crippen LogP contribution in [0.15, 0.2) is 24.3 Å². The molecule has 0 spiro atoms. The first-order valence-electron chi connectivity index (χ1n) is 7.06. The molecule has 0 bridgehead atoms. The van der Waals surface area contributed by atoms with Gasteiger partial charge in [0, 0.05) is 5.57 Å². The summed E-state index contributed by atoms with van der Waals surface area (Å²) in [7, 11) is 0. The summed E-state index contributed by atoms with van der Waals surface area (Å²) in [5.41, 5.74) is 0.176. The first-order chi connectivity index (χ1) is 8.56. The van der Waals surface area contributed by atoms with Crippen LogP contribution < -0.4 is 0 Å². The number of carbonyl (C=O) groups is 1. The van der Waals surface area contributed by atoms with E-state index in [2.05, 4.69) is 32.6 Å². The normalized spacial score (nSPS) is 9.94. The molecule has 0 amide bonds. The molecule has 0 aromatic carbocycles. The third-order valence-corrected chi connectivity index (χ3v) is 2.58. The summed E-state index contributed by atoms with van der Waals surface area (Å²) < 4.78 is 0. The maximum Gasteiger partial charge on any atom is 0.330 e. The van der Waals surface area contributed by atoms with Crippen molar-refractivity contribution in [1.29, 1.82) is 0 Å². The standard InChI is InChI=1S/C12H24.C4H6O2/c1-3-5-7-9-11-12-10-8-6-4-2;1-3(2)4(5)6/h3,5H,4,6-12H2,1-2H3;1H2,2H3,(H,5,6). The molecule has 0 aliphatic heterocycles. The maximum atomic E-state index is 9.60. The van der Waals surface area contributed by atoms with Crippen molar-refractivity contribution in [2.24, 2.45) is 0 Å². The molecule has 18 heavy (non-hydrogen) atoms. The molecule has 0 saturated heterocycles. The van der Waals surface area contributed by atoms with E-state index < -0.39 is 5.97 Å². The molecule has 1 N–H and O–H groups in total. The summed E-state index contributed by atoms with van der Waals surface area (Å²) in [6.45, 7) is 8.97. The molecule has 0 aromatic heterocycles. The van der Waals surface area contributed by atoms with E-state index in [1.165, 1.54) is 58.3 Å². The molecular formula is C16H30O2. The predicted molar refractivity (Wildman–Crippen MR) is 79.9 cm³/mol. The molecule has 2 nitrogen and oxygen atoms in total. The van der Waals surface area contributed by atoms with E-state index in [1.54, 1.807) is 0 Å². The zero-order valence-electron chi connectivity index (χ0n) is 12.4. The smallest absolute Gasteiger partial charge is 0.330 e. The van der Waals surface area contributed by atoms with Crippen molar-refractivity contribution in [3.63, 3.8) is 0 Å². The van der Waals surface area contributed by atoms with Crippen molar-refractivity contribution in [1.82, 2.24) is 0 Å². The number of unbranched alkanes of at least 4 members (excludes halogenated alkanes) is 7. The van der Waals surface area contributed by atoms with Gasteiger partial charge in [-0.15, -0.1) is 0 Å². The van der Waals surface area contributed by atoms with Crippen LogP contribution >= 0.6 is 0 Å². The molecule has 0 heterocycles. The molecule has 0 aliphatic rings. The highest BCUT2D eigenvalue weighted by Gasteiger charge is 1.90. The minimum Gasteiger partial charge on any atom is -0.478 e. The Kier molecular flexibility index (Phi) is 17.1. The van der Waals surface area contributed by atoms with Crippen molar-refractivity contribution in [3.8, 4) is 0 Å². The van der Waals surface area contributed by atoms with E-state index in [1.807, 2.05) is 0 Å². The Morgan fingerprint density at radius 1 is 1.11 bits per heavy atom. The monoisotopic (exact) mass is 254 g/mol. The average molecular weight is 254 g/mol. The second-order valence-corrected chi connectivity index (χ2v) is 4.56. The Morgan fingerprint density at radius 2 is 1.56 bits per heavy atom. The number of aliphatic carboxylic acids is 1. The van der Waals surface area contributed by atoms with Crippen molar-refractivity contribution >= 4 is 5.97 Å². The van der Waals surface area contributed by atoms with E-state index in [0.717, 1.165) is 0 Å². The van der Waals surface area contributed by atoms with Gasteiger partial charge >= 0.3 is 5.97 Å². The van der Waals surface area contributed by atoms with Crippen LogP contribution in [0.1, 0.15) is 72.1 Å². The molecule has 0 rings (SSSR count). The first-order valence-corrected chi connectivity index (χ1v) is 7.06. The number of rotatable bonds is 9. The van der Waals surface area contributed by atoms with Crippen LogP contribution in [0.4, 0.5) is 0 Å². The predicted octanol–water partition coefficient (Wildman–Crippen LogP) is 5.35. The minimum atomic E-state index is -0.935. The van der Waals surface area contributed by atoms with Gasteiger partial charge in [-0.2, -0.15) is 0 Å². The Balaban J connectivity index is 0. The van der Waals surface area contributed by atoms with Gasteiger partial charge in [0.25, 0.3) is 0 Å². The highest BCUT2D eigenvalue weighted by atomic mass is 16.4. The quantitative estimate of drug-likeness (QED) is 0.342. The fraction of sp³-hybridized carbons (Fsp3) is 0.688. The summed E-state index contributed by atoms with van der Waals surface area (Å²) in [4.78, 5) is 9.60. The van der Waals surface area contributed by atoms with Crippen molar-refractivity contribution in [3.05, 3.63) is 24.3 Å². The number of hydrogen-bond acceptors (Lipinski definition) is 1. The molecule has 106 valence electrons. The van der Waals surface area contributed by atoms with E-state index in [4.69, 9.17) is 5.11 Å². The van der Waals surface area contributed by atoms with Crippen molar-refractivity contribution < 1.29 is 9.90 Å². The van der Waals surface area contributed by atoms with Gasteiger partial charge in [-0.1, -0.05) is 64.2 Å². The van der Waals surface area contributed by atoms with Crippen LogP contribution in [-0.2, 0) is 4.79 Å². The molecule has 2 heteroatoms. The fourth-order valence-electron chi connectivity index (χ4n) is 1.39. The number of carboxylic acid groups (broad SMARTS) is 1. The summed E-state index contributed by atoms with van der Waals surface area (Å²) in [5, 5.41) is 7.89. The lowest BCUT2D eigenvalue weighted by molar-refractivity contribution is -0.132. The fourth-order valence-corrected chi connectivity index (χ4v) is 1.39. The second kappa shape index (κ2) is 16.0. The topological polar surface area (TPSA) is 37.3 Å². The number of carboxylic acids is 1. The molecule has 0 saturated carbocycles. The molecule has 0 aliphatic carbocycles. The minimum absolute atomic E-state index is 0.176. The molecule has 0 unspecified atom stereocenters. The zero-order valence-corrected chi connectivity index (χ0v) is 12.4. The molecule has 0 fully saturated rings. The van der Waals surface area contributed by atoms with E-state index in [9.17, 15) is 4.79 Å². The summed E-state index contributed by atoms with van der Waals surface area (Å²) in [5.74, 6) is -0.935. The highest BCUT2D eigenvalue weighted by molar-refractivity contribution is 5.84. The highest BCUT2D eigenvalue weighted by Crippen LogP contribution is 2.08.